The highest BCUT2D eigenvalue weighted by atomic mass is 28.5. The molecule has 1 rings (SSSR count). The van der Waals surface area contributed by atoms with E-state index in [-0.39, 0.29) is 0 Å². The molecule has 16 nitrogen and oxygen atoms in total. The standard InChI is InChI=1S/C8H20N4O12Si4/c1-25(5-9(13)14)21-26(2,6-10(15)16)23-28(4,8-12(19)20)24-27(3,22-25)7-11(17)18/h5-8H2,1-4H3. The molecule has 0 radical (unpaired) electrons. The highest BCUT2D eigenvalue weighted by Gasteiger charge is 2.64. The van der Waals surface area contributed by atoms with Gasteiger partial charge in [-0.1, -0.05) is 0 Å². The van der Waals surface area contributed by atoms with Crippen LogP contribution in [0.3, 0.4) is 0 Å². The van der Waals surface area contributed by atoms with Gasteiger partial charge >= 0.3 is 34.2 Å². The summed E-state index contributed by atoms with van der Waals surface area (Å²) >= 11 is 0. The Labute approximate surface area is 162 Å². The fraction of sp³-hybridized carbons (Fsp3) is 1.00. The lowest BCUT2D eigenvalue weighted by Crippen LogP contribution is -2.73. The maximum absolute atomic E-state index is 11.1. The van der Waals surface area contributed by atoms with Crippen LogP contribution >= 0.6 is 0 Å². The molecule has 0 bridgehead atoms. The molecule has 0 atom stereocenters. The summed E-state index contributed by atoms with van der Waals surface area (Å²) in [7, 11) is -15.5. The van der Waals surface area contributed by atoms with E-state index in [1.807, 2.05) is 0 Å². The molecule has 28 heavy (non-hydrogen) atoms. The molecule has 1 aliphatic heterocycles. The van der Waals surface area contributed by atoms with Crippen molar-refractivity contribution in [2.45, 2.75) is 26.2 Å². The van der Waals surface area contributed by atoms with Crippen LogP contribution in [0.1, 0.15) is 0 Å². The van der Waals surface area contributed by atoms with Crippen LogP contribution in [-0.4, -0.2) is 78.6 Å². The summed E-state index contributed by atoms with van der Waals surface area (Å²) in [6, 6.07) is 0. The summed E-state index contributed by atoms with van der Waals surface area (Å²) < 4.78 is 22.9. The summed E-state index contributed by atoms with van der Waals surface area (Å²) in [5.74, 6) is 0. The largest absolute Gasteiger partial charge is 0.408 e. The quantitative estimate of drug-likeness (QED) is 0.249. The van der Waals surface area contributed by atoms with E-state index in [0.717, 1.165) is 0 Å². The zero-order valence-corrected chi connectivity index (χ0v) is 19.5. The summed E-state index contributed by atoms with van der Waals surface area (Å²) in [5.41, 5.74) is 0. The van der Waals surface area contributed by atoms with Gasteiger partial charge in [0.15, 0.2) is 0 Å². The van der Waals surface area contributed by atoms with Gasteiger partial charge in [0.05, 0.1) is 0 Å². The molecule has 0 aromatic heterocycles. The average molecular weight is 477 g/mol. The average Bonchev–Trinajstić information content (AvgIpc) is 2.28. The topological polar surface area (TPSA) is 209 Å². The van der Waals surface area contributed by atoms with Gasteiger partial charge in [-0.15, -0.1) is 0 Å². The van der Waals surface area contributed by atoms with Crippen LogP contribution in [0, 0.1) is 40.5 Å². The van der Waals surface area contributed by atoms with Crippen LogP contribution in [-0.2, 0) is 16.5 Å². The van der Waals surface area contributed by atoms with E-state index in [2.05, 4.69) is 0 Å². The first-order chi connectivity index (χ1) is 12.5. The van der Waals surface area contributed by atoms with E-state index in [1.54, 1.807) is 0 Å². The molecule has 0 N–H and O–H groups in total. The molecule has 1 heterocycles. The SMILES string of the molecule is C[Si]1(C[N+](=O)[O-])O[Si](C)(C[N+](=O)[O-])O[Si](C)(C[N+](=O)[O-])O[Si](C)(C[N+](=O)[O-])O1. The van der Waals surface area contributed by atoms with E-state index >= 15 is 0 Å². The van der Waals surface area contributed by atoms with E-state index in [0.29, 0.717) is 0 Å². The Morgan fingerprint density at radius 1 is 0.500 bits per heavy atom. The second-order valence-corrected chi connectivity index (χ2v) is 20.5. The van der Waals surface area contributed by atoms with E-state index in [9.17, 15) is 40.5 Å². The Morgan fingerprint density at radius 3 is 0.750 bits per heavy atom. The molecular weight excluding hydrogens is 456 g/mol. The van der Waals surface area contributed by atoms with Crippen LogP contribution in [0.4, 0.5) is 0 Å². The van der Waals surface area contributed by atoms with Gasteiger partial charge in [-0.2, -0.15) is 0 Å². The van der Waals surface area contributed by atoms with Gasteiger partial charge in [0.25, 0.3) is 0 Å². The van der Waals surface area contributed by atoms with E-state index < -0.39 is 78.6 Å². The third-order valence-corrected chi connectivity index (χ3v) is 20.5. The number of nitrogens with zero attached hydrogens (tertiary/aromatic N) is 4. The van der Waals surface area contributed by atoms with Crippen molar-refractivity contribution in [1.82, 2.24) is 0 Å². The van der Waals surface area contributed by atoms with Crippen molar-refractivity contribution < 1.29 is 36.2 Å². The molecular formula is C8H20N4O12Si4. The molecule has 0 saturated carbocycles. The van der Waals surface area contributed by atoms with Crippen LogP contribution in [0.5, 0.6) is 0 Å². The summed E-state index contributed by atoms with van der Waals surface area (Å²) in [4.78, 5) is 41.4. The third-order valence-electron chi connectivity index (χ3n) is 3.39. The molecule has 1 aliphatic rings. The lowest BCUT2D eigenvalue weighted by molar-refractivity contribution is -0.472. The Morgan fingerprint density at radius 2 is 0.643 bits per heavy atom. The van der Waals surface area contributed by atoms with Gasteiger partial charge in [0, 0.05) is 19.7 Å². The molecule has 160 valence electrons. The number of nitro groups is 4. The summed E-state index contributed by atoms with van der Waals surface area (Å²) in [6.45, 7) is 4.99. The zero-order chi connectivity index (χ0) is 22.0. The third kappa shape index (κ3) is 7.38. The van der Waals surface area contributed by atoms with Crippen molar-refractivity contribution in [3.05, 3.63) is 40.5 Å². The smallest absolute Gasteiger partial charge is 0.395 e. The predicted octanol–water partition coefficient (Wildman–Crippen LogP) is -0.382. The first-order valence-corrected chi connectivity index (χ1v) is 17.9. The van der Waals surface area contributed by atoms with Crippen molar-refractivity contribution in [3.8, 4) is 0 Å². The molecule has 0 spiro atoms. The first kappa shape index (κ1) is 24.3. The number of hydrogen-bond donors (Lipinski definition) is 0. The maximum Gasteiger partial charge on any atom is 0.395 e. The Kier molecular flexibility index (Phi) is 7.26. The van der Waals surface area contributed by atoms with E-state index in [1.165, 1.54) is 26.2 Å². The Balaban J connectivity index is 3.48. The van der Waals surface area contributed by atoms with Crippen LogP contribution < -0.4 is 0 Å². The molecule has 1 saturated heterocycles. The van der Waals surface area contributed by atoms with Crippen molar-refractivity contribution in [2.24, 2.45) is 0 Å². The van der Waals surface area contributed by atoms with Gasteiger partial charge in [-0.25, -0.2) is 0 Å². The second kappa shape index (κ2) is 8.35. The first-order valence-electron chi connectivity index (χ1n) is 7.77. The second-order valence-electron chi connectivity index (χ2n) is 6.91. The van der Waals surface area contributed by atoms with Crippen molar-refractivity contribution in [2.75, 3.05) is 24.7 Å². The van der Waals surface area contributed by atoms with Gasteiger partial charge in [0.1, 0.15) is 0 Å². The fourth-order valence-corrected chi connectivity index (χ4v) is 23.8. The molecule has 0 aliphatic carbocycles. The van der Waals surface area contributed by atoms with Crippen molar-refractivity contribution in [3.63, 3.8) is 0 Å². The number of rotatable bonds is 8. The highest BCUT2D eigenvalue weighted by Crippen LogP contribution is 2.31. The maximum atomic E-state index is 11.1. The minimum absolute atomic E-state index is 0.747. The lowest BCUT2D eigenvalue weighted by atomic mass is 11.5. The van der Waals surface area contributed by atoms with E-state index in [4.69, 9.17) is 16.5 Å². The highest BCUT2D eigenvalue weighted by molar-refractivity contribution is 6.93. The predicted molar refractivity (Wildman–Crippen MR) is 98.3 cm³/mol. The van der Waals surface area contributed by atoms with Crippen molar-refractivity contribution >= 4 is 34.2 Å². The summed E-state index contributed by atoms with van der Waals surface area (Å²) in [6.07, 6.45) is -3.41. The van der Waals surface area contributed by atoms with Gasteiger partial charge in [-0.05, 0) is 26.2 Å². The van der Waals surface area contributed by atoms with Crippen LogP contribution in [0.15, 0.2) is 0 Å². The van der Waals surface area contributed by atoms with Crippen LogP contribution in [0.25, 0.3) is 0 Å². The van der Waals surface area contributed by atoms with Gasteiger partial charge in [0.2, 0.25) is 24.7 Å². The lowest BCUT2D eigenvalue weighted by Gasteiger charge is -2.45. The minimum atomic E-state index is -3.87. The van der Waals surface area contributed by atoms with Gasteiger partial charge in [-0.3, -0.25) is 40.5 Å². The molecule has 0 aromatic carbocycles. The molecule has 20 heteroatoms. The Hall–Kier alpha value is -1.69. The number of hydrogen-bond acceptors (Lipinski definition) is 12. The molecule has 0 aromatic rings. The van der Waals surface area contributed by atoms with Crippen LogP contribution in [0.2, 0.25) is 26.2 Å². The monoisotopic (exact) mass is 476 g/mol. The Bertz CT molecular complexity index is 558. The van der Waals surface area contributed by atoms with Crippen molar-refractivity contribution in [1.29, 1.82) is 0 Å². The molecule has 1 fully saturated rings. The molecule has 0 unspecified atom stereocenters. The summed E-state index contributed by atoms with van der Waals surface area (Å²) in [5, 5.41) is 44.4. The fourth-order valence-electron chi connectivity index (χ4n) is 3.11. The zero-order valence-electron chi connectivity index (χ0n) is 15.5. The normalized spacial score (nSPS) is 36.1. The molecule has 0 amide bonds. The van der Waals surface area contributed by atoms with Gasteiger partial charge < -0.3 is 16.5 Å². The minimum Gasteiger partial charge on any atom is -0.408 e.